The van der Waals surface area contributed by atoms with Crippen LogP contribution >= 0.6 is 61.5 Å². The molecule has 0 aliphatic heterocycles. The van der Waals surface area contributed by atoms with Crippen molar-refractivity contribution in [1.82, 2.24) is 0 Å². The second kappa shape index (κ2) is 5.66. The van der Waals surface area contributed by atoms with Gasteiger partial charge in [-0.3, -0.25) is 4.72 Å². The van der Waals surface area contributed by atoms with Crippen LogP contribution in [0, 0.1) is 3.57 Å². The summed E-state index contributed by atoms with van der Waals surface area (Å²) in [5.41, 5.74) is 0.524. The summed E-state index contributed by atoms with van der Waals surface area (Å²) in [6.07, 6.45) is 0. The maximum absolute atomic E-state index is 12.1. The zero-order chi connectivity index (χ0) is 13.3. The van der Waals surface area contributed by atoms with E-state index < -0.39 is 10.0 Å². The number of rotatable bonds is 3. The molecular weight excluding hydrogens is 473 g/mol. The van der Waals surface area contributed by atoms with Crippen molar-refractivity contribution < 1.29 is 8.42 Å². The normalized spacial score (nSPS) is 11.5. The van der Waals surface area contributed by atoms with Crippen LogP contribution in [0.5, 0.6) is 0 Å². The lowest BCUT2D eigenvalue weighted by Gasteiger charge is -2.05. The van der Waals surface area contributed by atoms with E-state index in [4.69, 9.17) is 11.6 Å². The van der Waals surface area contributed by atoms with Gasteiger partial charge in [0.2, 0.25) is 0 Å². The van der Waals surface area contributed by atoms with E-state index in [1.807, 2.05) is 12.1 Å². The Morgan fingerprint density at radius 2 is 1.89 bits per heavy atom. The molecule has 2 rings (SSSR count). The summed E-state index contributed by atoms with van der Waals surface area (Å²) >= 11 is 12.3. The summed E-state index contributed by atoms with van der Waals surface area (Å²) in [5.74, 6) is 0. The van der Waals surface area contributed by atoms with Crippen molar-refractivity contribution in [2.75, 3.05) is 4.72 Å². The summed E-state index contributed by atoms with van der Waals surface area (Å²) in [7, 11) is -3.58. The van der Waals surface area contributed by atoms with Crippen molar-refractivity contribution in [3.63, 3.8) is 0 Å². The highest BCUT2D eigenvalue weighted by atomic mass is 127. The first-order chi connectivity index (χ1) is 8.38. The molecule has 1 aromatic heterocycles. The van der Waals surface area contributed by atoms with Crippen LogP contribution in [-0.2, 0) is 10.0 Å². The van der Waals surface area contributed by atoms with Crippen LogP contribution in [0.1, 0.15) is 0 Å². The van der Waals surface area contributed by atoms with E-state index in [-0.39, 0.29) is 4.21 Å². The average Bonchev–Trinajstić information content (AvgIpc) is 2.63. The van der Waals surface area contributed by atoms with Crippen molar-refractivity contribution in [2.24, 2.45) is 0 Å². The van der Waals surface area contributed by atoms with Gasteiger partial charge in [0.25, 0.3) is 10.0 Å². The van der Waals surface area contributed by atoms with Gasteiger partial charge in [-0.25, -0.2) is 8.42 Å². The summed E-state index contributed by atoms with van der Waals surface area (Å²) in [4.78, 5) is 0. The maximum Gasteiger partial charge on any atom is 0.271 e. The third-order valence-corrected chi connectivity index (χ3v) is 7.03. The van der Waals surface area contributed by atoms with E-state index in [1.54, 1.807) is 12.1 Å². The quantitative estimate of drug-likeness (QED) is 0.657. The fraction of sp³-hybridized carbons (Fsp3) is 0. The van der Waals surface area contributed by atoms with Gasteiger partial charge in [-0.2, -0.15) is 0 Å². The molecule has 0 saturated carbocycles. The lowest BCUT2D eigenvalue weighted by molar-refractivity contribution is 0.603. The van der Waals surface area contributed by atoms with Crippen molar-refractivity contribution in [1.29, 1.82) is 0 Å². The number of hydrogen-bond acceptors (Lipinski definition) is 3. The fourth-order valence-corrected chi connectivity index (χ4v) is 5.00. The molecular formula is C10H6BrClINO2S2. The molecule has 0 amide bonds. The van der Waals surface area contributed by atoms with Crippen LogP contribution < -0.4 is 4.72 Å². The maximum atomic E-state index is 12.1. The molecule has 0 aliphatic carbocycles. The van der Waals surface area contributed by atoms with Crippen LogP contribution in [0.25, 0.3) is 0 Å². The zero-order valence-electron chi connectivity index (χ0n) is 8.65. The van der Waals surface area contributed by atoms with Crippen LogP contribution in [-0.4, -0.2) is 8.42 Å². The average molecular weight is 479 g/mol. The van der Waals surface area contributed by atoms with Gasteiger partial charge in [0.05, 0.1) is 8.81 Å². The number of nitrogens with one attached hydrogen (secondary N) is 1. The number of thiophene rings is 1. The minimum absolute atomic E-state index is 0.179. The van der Waals surface area contributed by atoms with Crippen LogP contribution in [0.15, 0.2) is 38.3 Å². The van der Waals surface area contributed by atoms with Crippen LogP contribution in [0.3, 0.4) is 0 Å². The van der Waals surface area contributed by atoms with E-state index in [2.05, 4.69) is 43.2 Å². The number of halogens is 3. The molecule has 0 unspecified atom stereocenters. The predicted octanol–water partition coefficient (Wildman–Crippen LogP) is 4.57. The number of anilines is 1. The Balaban J connectivity index is 2.29. The molecule has 0 saturated heterocycles. The first-order valence-corrected chi connectivity index (χ1v) is 9.16. The highest BCUT2D eigenvalue weighted by Crippen LogP contribution is 2.35. The Morgan fingerprint density at radius 3 is 2.39 bits per heavy atom. The Labute approximate surface area is 136 Å². The first-order valence-electron chi connectivity index (χ1n) is 4.62. The molecule has 0 spiro atoms. The van der Waals surface area contributed by atoms with E-state index in [0.717, 1.165) is 14.9 Å². The summed E-state index contributed by atoms with van der Waals surface area (Å²) in [6, 6.07) is 8.50. The molecule has 96 valence electrons. The zero-order valence-corrected chi connectivity index (χ0v) is 14.8. The standard InChI is InChI=1S/C10H6BrClINO2S2/c11-10-8(12)5-9(17-10)18(15,16)14-7-3-1-6(13)2-4-7/h1-5,14H. The molecule has 0 bridgehead atoms. The predicted molar refractivity (Wildman–Crippen MR) is 87.0 cm³/mol. The van der Waals surface area contributed by atoms with Gasteiger partial charge in [0.1, 0.15) is 4.21 Å². The molecule has 0 aliphatic rings. The summed E-state index contributed by atoms with van der Waals surface area (Å²) < 4.78 is 28.5. The Bertz CT molecular complexity index is 650. The monoisotopic (exact) mass is 477 g/mol. The Morgan fingerprint density at radius 1 is 1.28 bits per heavy atom. The van der Waals surface area contributed by atoms with Gasteiger partial charge < -0.3 is 0 Å². The van der Waals surface area contributed by atoms with Gasteiger partial charge in [0, 0.05) is 9.26 Å². The van der Waals surface area contributed by atoms with E-state index in [9.17, 15) is 8.42 Å². The third-order valence-electron chi connectivity index (χ3n) is 1.98. The molecule has 1 aromatic carbocycles. The second-order valence-corrected chi connectivity index (χ2v) is 9.23. The number of hydrogen-bond donors (Lipinski definition) is 1. The Hall–Kier alpha value is 0.170. The van der Waals surface area contributed by atoms with Gasteiger partial charge in [0.15, 0.2) is 0 Å². The van der Waals surface area contributed by atoms with E-state index >= 15 is 0 Å². The van der Waals surface area contributed by atoms with Crippen molar-refractivity contribution in [3.8, 4) is 0 Å². The lowest BCUT2D eigenvalue weighted by atomic mass is 10.3. The number of sulfonamides is 1. The van der Waals surface area contributed by atoms with E-state index in [0.29, 0.717) is 14.5 Å². The molecule has 0 fully saturated rings. The minimum Gasteiger partial charge on any atom is -0.279 e. The highest BCUT2D eigenvalue weighted by Gasteiger charge is 2.19. The van der Waals surface area contributed by atoms with Crippen LogP contribution in [0.4, 0.5) is 5.69 Å². The lowest BCUT2D eigenvalue weighted by Crippen LogP contribution is -2.11. The molecule has 18 heavy (non-hydrogen) atoms. The van der Waals surface area contributed by atoms with Crippen molar-refractivity contribution in [2.45, 2.75) is 4.21 Å². The molecule has 1 heterocycles. The molecule has 2 aromatic rings. The Kier molecular flexibility index (Phi) is 4.58. The van der Waals surface area contributed by atoms with Gasteiger partial charge >= 0.3 is 0 Å². The minimum atomic E-state index is -3.58. The van der Waals surface area contributed by atoms with Gasteiger partial charge in [-0.05, 0) is 68.9 Å². The highest BCUT2D eigenvalue weighted by molar-refractivity contribution is 14.1. The fourth-order valence-electron chi connectivity index (χ4n) is 1.18. The first kappa shape index (κ1) is 14.6. The van der Waals surface area contributed by atoms with Crippen molar-refractivity contribution >= 4 is 77.2 Å². The summed E-state index contributed by atoms with van der Waals surface area (Å²) in [5, 5.41) is 0.392. The van der Waals surface area contributed by atoms with Gasteiger partial charge in [-0.15, -0.1) is 11.3 Å². The largest absolute Gasteiger partial charge is 0.279 e. The number of benzene rings is 1. The van der Waals surface area contributed by atoms with Crippen LogP contribution in [0.2, 0.25) is 5.02 Å². The topological polar surface area (TPSA) is 46.2 Å². The molecule has 3 nitrogen and oxygen atoms in total. The molecule has 1 N–H and O–H groups in total. The van der Waals surface area contributed by atoms with Gasteiger partial charge in [-0.1, -0.05) is 11.6 Å². The van der Waals surface area contributed by atoms with Crippen molar-refractivity contribution in [3.05, 3.63) is 42.7 Å². The molecule has 0 radical (unpaired) electrons. The third kappa shape index (κ3) is 3.38. The van der Waals surface area contributed by atoms with E-state index in [1.165, 1.54) is 6.07 Å². The second-order valence-electron chi connectivity index (χ2n) is 3.30. The molecule has 0 atom stereocenters. The summed E-state index contributed by atoms with van der Waals surface area (Å²) in [6.45, 7) is 0. The SMILES string of the molecule is O=S(=O)(Nc1ccc(I)cc1)c1cc(Cl)c(Br)s1. The molecule has 8 heteroatoms. The smallest absolute Gasteiger partial charge is 0.271 e.